The Hall–Kier alpha value is -3.05. The monoisotopic (exact) mass is 381 g/mol. The summed E-state index contributed by atoms with van der Waals surface area (Å²) in [5.74, 6) is 0.234. The van der Waals surface area contributed by atoms with Crippen LogP contribution in [0.1, 0.15) is 21.5 Å². The Labute approximate surface area is 163 Å². The van der Waals surface area contributed by atoms with Crippen LogP contribution in [0.2, 0.25) is 5.02 Å². The Bertz CT molecular complexity index is 989. The van der Waals surface area contributed by atoms with Crippen molar-refractivity contribution >= 4 is 34.6 Å². The van der Waals surface area contributed by atoms with Crippen molar-refractivity contribution in [2.75, 3.05) is 17.7 Å². The van der Waals surface area contributed by atoms with E-state index in [0.717, 1.165) is 16.9 Å². The van der Waals surface area contributed by atoms with Crippen molar-refractivity contribution in [3.05, 3.63) is 76.6 Å². The van der Waals surface area contributed by atoms with Crippen LogP contribution in [-0.2, 0) is 0 Å². The van der Waals surface area contributed by atoms with E-state index in [4.69, 9.17) is 16.3 Å². The fourth-order valence-corrected chi connectivity index (χ4v) is 2.89. The number of aryl methyl sites for hydroxylation is 2. The zero-order valence-electron chi connectivity index (χ0n) is 15.3. The van der Waals surface area contributed by atoms with Gasteiger partial charge in [-0.25, -0.2) is 0 Å². The molecule has 0 saturated carbocycles. The third-order valence-electron chi connectivity index (χ3n) is 4.07. The molecule has 0 aliphatic rings. The molecule has 1 heterocycles. The van der Waals surface area contributed by atoms with Crippen molar-refractivity contribution in [2.24, 2.45) is 0 Å². The molecule has 0 saturated heterocycles. The standard InChI is InChI=1S/C21H20ClN3O2/c1-13-4-6-18(14(2)8-13)24-17-9-15(11-23-12-17)21(26)25-19-10-16(22)5-7-20(19)27-3/h4-12,24H,1-3H3,(H,25,26). The number of nitrogens with zero attached hydrogens (tertiary/aromatic N) is 1. The van der Waals surface area contributed by atoms with Gasteiger partial charge in [0.2, 0.25) is 0 Å². The number of anilines is 3. The molecule has 1 aromatic heterocycles. The highest BCUT2D eigenvalue weighted by molar-refractivity contribution is 6.31. The topological polar surface area (TPSA) is 63.2 Å². The van der Waals surface area contributed by atoms with Crippen molar-refractivity contribution in [1.29, 1.82) is 0 Å². The first kappa shape index (κ1) is 18.7. The molecular weight excluding hydrogens is 362 g/mol. The van der Waals surface area contributed by atoms with E-state index < -0.39 is 0 Å². The summed E-state index contributed by atoms with van der Waals surface area (Å²) < 4.78 is 5.26. The summed E-state index contributed by atoms with van der Waals surface area (Å²) in [7, 11) is 1.54. The normalized spacial score (nSPS) is 10.4. The number of amides is 1. The van der Waals surface area contributed by atoms with E-state index in [0.29, 0.717) is 22.0 Å². The van der Waals surface area contributed by atoms with Gasteiger partial charge < -0.3 is 15.4 Å². The van der Waals surface area contributed by atoms with E-state index in [1.165, 1.54) is 18.9 Å². The summed E-state index contributed by atoms with van der Waals surface area (Å²) in [5, 5.41) is 6.62. The van der Waals surface area contributed by atoms with Crippen LogP contribution in [0.15, 0.2) is 54.9 Å². The predicted molar refractivity (Wildman–Crippen MR) is 109 cm³/mol. The molecule has 6 heteroatoms. The van der Waals surface area contributed by atoms with Gasteiger partial charge in [-0.2, -0.15) is 0 Å². The maximum atomic E-state index is 12.6. The fraction of sp³-hybridized carbons (Fsp3) is 0.143. The highest BCUT2D eigenvalue weighted by atomic mass is 35.5. The van der Waals surface area contributed by atoms with Gasteiger partial charge in [0.15, 0.2) is 0 Å². The van der Waals surface area contributed by atoms with Crippen LogP contribution >= 0.6 is 11.6 Å². The van der Waals surface area contributed by atoms with Crippen LogP contribution in [-0.4, -0.2) is 18.0 Å². The molecule has 0 bridgehead atoms. The lowest BCUT2D eigenvalue weighted by Gasteiger charge is -2.12. The van der Waals surface area contributed by atoms with Crippen LogP contribution in [0.5, 0.6) is 5.75 Å². The van der Waals surface area contributed by atoms with Gasteiger partial charge in [0.05, 0.1) is 30.2 Å². The molecule has 5 nitrogen and oxygen atoms in total. The number of hydrogen-bond donors (Lipinski definition) is 2. The fourth-order valence-electron chi connectivity index (χ4n) is 2.71. The van der Waals surface area contributed by atoms with E-state index in [1.807, 2.05) is 26.0 Å². The molecule has 0 atom stereocenters. The van der Waals surface area contributed by atoms with E-state index in [2.05, 4.69) is 21.7 Å². The molecule has 3 aromatic rings. The second-order valence-electron chi connectivity index (χ2n) is 6.20. The van der Waals surface area contributed by atoms with E-state index in [9.17, 15) is 4.79 Å². The zero-order chi connectivity index (χ0) is 19.4. The van der Waals surface area contributed by atoms with Crippen molar-refractivity contribution in [2.45, 2.75) is 13.8 Å². The SMILES string of the molecule is COc1ccc(Cl)cc1NC(=O)c1cncc(Nc2ccc(C)cc2C)c1. The molecule has 0 spiro atoms. The number of ether oxygens (including phenoxy) is 1. The minimum absolute atomic E-state index is 0.299. The van der Waals surface area contributed by atoms with Crippen molar-refractivity contribution in [1.82, 2.24) is 4.98 Å². The third-order valence-corrected chi connectivity index (χ3v) is 4.31. The number of benzene rings is 2. The maximum Gasteiger partial charge on any atom is 0.257 e. The molecule has 0 aliphatic heterocycles. The number of nitrogens with one attached hydrogen (secondary N) is 2. The molecule has 0 radical (unpaired) electrons. The summed E-state index contributed by atoms with van der Waals surface area (Å²) in [6.07, 6.45) is 3.19. The first-order chi connectivity index (χ1) is 13.0. The molecule has 1 amide bonds. The average molecular weight is 382 g/mol. The van der Waals surface area contributed by atoms with E-state index in [1.54, 1.807) is 30.5 Å². The first-order valence-corrected chi connectivity index (χ1v) is 8.78. The number of halogens is 1. The van der Waals surface area contributed by atoms with Gasteiger partial charge in [-0.15, -0.1) is 0 Å². The molecular formula is C21H20ClN3O2. The number of methoxy groups -OCH3 is 1. The van der Waals surface area contributed by atoms with Gasteiger partial charge >= 0.3 is 0 Å². The Kier molecular flexibility index (Phi) is 5.62. The third kappa shape index (κ3) is 4.57. The summed E-state index contributed by atoms with van der Waals surface area (Å²) >= 11 is 6.02. The lowest BCUT2D eigenvalue weighted by Crippen LogP contribution is -2.13. The van der Waals surface area contributed by atoms with Crippen LogP contribution in [0, 0.1) is 13.8 Å². The molecule has 27 heavy (non-hydrogen) atoms. The number of hydrogen-bond acceptors (Lipinski definition) is 4. The van der Waals surface area contributed by atoms with Gasteiger partial charge in [-0.3, -0.25) is 9.78 Å². The lowest BCUT2D eigenvalue weighted by molar-refractivity contribution is 0.102. The number of carbonyl (C=O) groups excluding carboxylic acids is 1. The molecule has 2 aromatic carbocycles. The zero-order valence-corrected chi connectivity index (χ0v) is 16.1. The maximum absolute atomic E-state index is 12.6. The second kappa shape index (κ2) is 8.10. The molecule has 2 N–H and O–H groups in total. The highest BCUT2D eigenvalue weighted by Gasteiger charge is 2.12. The van der Waals surface area contributed by atoms with Crippen molar-refractivity contribution in [3.63, 3.8) is 0 Å². The van der Waals surface area contributed by atoms with Crippen LogP contribution in [0.25, 0.3) is 0 Å². The van der Waals surface area contributed by atoms with Crippen LogP contribution < -0.4 is 15.4 Å². The Morgan fingerprint density at radius 1 is 1.04 bits per heavy atom. The Balaban J connectivity index is 1.81. The van der Waals surface area contributed by atoms with Gasteiger partial charge in [0.1, 0.15) is 5.75 Å². The summed E-state index contributed by atoms with van der Waals surface area (Å²) in [6.45, 7) is 4.08. The number of rotatable bonds is 5. The minimum atomic E-state index is -0.299. The number of aromatic nitrogens is 1. The first-order valence-electron chi connectivity index (χ1n) is 8.40. The summed E-state index contributed by atoms with van der Waals surface area (Å²) in [6, 6.07) is 12.9. The van der Waals surface area contributed by atoms with Crippen molar-refractivity contribution in [3.8, 4) is 5.75 Å². The largest absolute Gasteiger partial charge is 0.495 e. The molecule has 138 valence electrons. The van der Waals surface area contributed by atoms with Gasteiger partial charge in [0, 0.05) is 16.9 Å². The number of carbonyl (C=O) groups is 1. The summed E-state index contributed by atoms with van der Waals surface area (Å²) in [5.41, 5.74) is 4.94. The predicted octanol–water partition coefficient (Wildman–Crippen LogP) is 5.36. The molecule has 0 fully saturated rings. The van der Waals surface area contributed by atoms with Gasteiger partial charge in [-0.1, -0.05) is 29.3 Å². The molecule has 0 unspecified atom stereocenters. The second-order valence-corrected chi connectivity index (χ2v) is 6.64. The minimum Gasteiger partial charge on any atom is -0.495 e. The average Bonchev–Trinajstić information content (AvgIpc) is 2.64. The van der Waals surface area contributed by atoms with Gasteiger partial charge in [-0.05, 0) is 49.7 Å². The smallest absolute Gasteiger partial charge is 0.257 e. The van der Waals surface area contributed by atoms with Crippen LogP contribution in [0.3, 0.4) is 0 Å². The van der Waals surface area contributed by atoms with Crippen LogP contribution in [0.4, 0.5) is 17.1 Å². The molecule has 3 rings (SSSR count). The molecule has 0 aliphatic carbocycles. The Morgan fingerprint density at radius 3 is 2.59 bits per heavy atom. The highest BCUT2D eigenvalue weighted by Crippen LogP contribution is 2.28. The number of pyridine rings is 1. The van der Waals surface area contributed by atoms with Gasteiger partial charge in [0.25, 0.3) is 5.91 Å². The summed E-state index contributed by atoms with van der Waals surface area (Å²) in [4.78, 5) is 16.8. The lowest BCUT2D eigenvalue weighted by atomic mass is 10.1. The van der Waals surface area contributed by atoms with E-state index >= 15 is 0 Å². The van der Waals surface area contributed by atoms with Crippen molar-refractivity contribution < 1.29 is 9.53 Å². The Morgan fingerprint density at radius 2 is 1.85 bits per heavy atom. The van der Waals surface area contributed by atoms with E-state index in [-0.39, 0.29) is 5.91 Å². The quantitative estimate of drug-likeness (QED) is 0.624.